The van der Waals surface area contributed by atoms with E-state index < -0.39 is 0 Å². The number of rotatable bonds is 5. The molecule has 0 saturated carbocycles. The first-order valence-electron chi connectivity index (χ1n) is 8.91. The Kier molecular flexibility index (Phi) is 4.80. The Morgan fingerprint density at radius 1 is 1.23 bits per heavy atom. The molecular formula is C21H21N3OS. The van der Waals surface area contributed by atoms with E-state index in [0.29, 0.717) is 0 Å². The Bertz CT molecular complexity index is 899. The van der Waals surface area contributed by atoms with Crippen molar-refractivity contribution in [2.75, 3.05) is 11.1 Å². The van der Waals surface area contributed by atoms with Gasteiger partial charge in [-0.25, -0.2) is 4.98 Å². The third kappa shape index (κ3) is 3.40. The number of nitrogens with one attached hydrogen (secondary N) is 1. The number of amides is 1. The summed E-state index contributed by atoms with van der Waals surface area (Å²) in [5, 5.41) is 4.15. The van der Waals surface area contributed by atoms with Gasteiger partial charge in [-0.05, 0) is 24.1 Å². The van der Waals surface area contributed by atoms with Gasteiger partial charge in [0.15, 0.2) is 5.16 Å². The third-order valence-electron chi connectivity index (χ3n) is 4.66. The van der Waals surface area contributed by atoms with Crippen LogP contribution in [0.1, 0.15) is 24.8 Å². The van der Waals surface area contributed by atoms with Crippen LogP contribution in [-0.4, -0.2) is 21.2 Å². The van der Waals surface area contributed by atoms with Crippen LogP contribution in [0.4, 0.5) is 5.69 Å². The van der Waals surface area contributed by atoms with Crippen molar-refractivity contribution in [1.82, 2.24) is 9.55 Å². The first kappa shape index (κ1) is 16.9. The summed E-state index contributed by atoms with van der Waals surface area (Å²) in [7, 11) is 0. The molecule has 2 aromatic carbocycles. The Hall–Kier alpha value is -2.53. The summed E-state index contributed by atoms with van der Waals surface area (Å²) in [5.41, 5.74) is 3.84. The molecule has 0 bridgehead atoms. The SMILES string of the molecule is CCC(C(=O)Nc1cccc(-c2cn3c(n2)SCC3)c1)c1ccccc1. The van der Waals surface area contributed by atoms with Gasteiger partial charge in [-0.2, -0.15) is 0 Å². The van der Waals surface area contributed by atoms with E-state index in [4.69, 9.17) is 4.98 Å². The maximum atomic E-state index is 12.8. The van der Waals surface area contributed by atoms with Gasteiger partial charge >= 0.3 is 0 Å². The van der Waals surface area contributed by atoms with Crippen molar-refractivity contribution in [3.05, 3.63) is 66.4 Å². The zero-order chi connectivity index (χ0) is 17.9. The molecule has 4 rings (SSSR count). The van der Waals surface area contributed by atoms with Crippen molar-refractivity contribution >= 4 is 23.4 Å². The number of fused-ring (bicyclic) bond motifs is 1. The van der Waals surface area contributed by atoms with E-state index in [1.165, 1.54) is 0 Å². The van der Waals surface area contributed by atoms with Crippen LogP contribution in [0, 0.1) is 0 Å². The fourth-order valence-corrected chi connectivity index (χ4v) is 4.24. The molecule has 0 fully saturated rings. The summed E-state index contributed by atoms with van der Waals surface area (Å²) in [6.07, 6.45) is 2.86. The lowest BCUT2D eigenvalue weighted by Crippen LogP contribution is -2.20. The molecule has 1 amide bonds. The Morgan fingerprint density at radius 3 is 2.85 bits per heavy atom. The Balaban J connectivity index is 1.54. The molecule has 0 radical (unpaired) electrons. The van der Waals surface area contributed by atoms with Crippen LogP contribution >= 0.6 is 11.8 Å². The minimum Gasteiger partial charge on any atom is -0.326 e. The summed E-state index contributed by atoms with van der Waals surface area (Å²) in [6, 6.07) is 17.9. The molecule has 1 unspecified atom stereocenters. The van der Waals surface area contributed by atoms with Crippen LogP contribution < -0.4 is 5.32 Å². The highest BCUT2D eigenvalue weighted by molar-refractivity contribution is 7.99. The van der Waals surface area contributed by atoms with E-state index >= 15 is 0 Å². The van der Waals surface area contributed by atoms with Crippen molar-refractivity contribution < 1.29 is 4.79 Å². The van der Waals surface area contributed by atoms with Gasteiger partial charge in [0.2, 0.25) is 5.91 Å². The minimum atomic E-state index is -0.146. The normalized spacial score (nSPS) is 14.0. The molecule has 1 aliphatic heterocycles. The second kappa shape index (κ2) is 7.38. The lowest BCUT2D eigenvalue weighted by Gasteiger charge is -2.15. The number of hydrogen-bond acceptors (Lipinski definition) is 3. The highest BCUT2D eigenvalue weighted by Gasteiger charge is 2.19. The molecule has 0 aliphatic carbocycles. The average molecular weight is 363 g/mol. The van der Waals surface area contributed by atoms with Crippen molar-refractivity contribution in [1.29, 1.82) is 0 Å². The highest BCUT2D eigenvalue weighted by Crippen LogP contribution is 2.30. The number of thioether (sulfide) groups is 1. The minimum absolute atomic E-state index is 0.0266. The van der Waals surface area contributed by atoms with E-state index in [2.05, 4.69) is 16.1 Å². The first-order valence-corrected chi connectivity index (χ1v) is 9.89. The summed E-state index contributed by atoms with van der Waals surface area (Å²) < 4.78 is 2.19. The molecular weight excluding hydrogens is 342 g/mol. The molecule has 132 valence electrons. The molecule has 26 heavy (non-hydrogen) atoms. The molecule has 1 aromatic heterocycles. The zero-order valence-corrected chi connectivity index (χ0v) is 15.5. The monoisotopic (exact) mass is 363 g/mol. The van der Waals surface area contributed by atoms with Gasteiger partial charge < -0.3 is 9.88 Å². The molecule has 1 aliphatic rings. The van der Waals surface area contributed by atoms with Gasteiger partial charge in [-0.1, -0.05) is 61.2 Å². The van der Waals surface area contributed by atoms with Gasteiger partial charge in [0.05, 0.1) is 11.6 Å². The van der Waals surface area contributed by atoms with Gasteiger partial charge in [-0.15, -0.1) is 0 Å². The van der Waals surface area contributed by atoms with E-state index in [1.54, 1.807) is 11.8 Å². The predicted molar refractivity (Wildman–Crippen MR) is 106 cm³/mol. The molecule has 5 heteroatoms. The number of imidazole rings is 1. The fourth-order valence-electron chi connectivity index (χ4n) is 3.29. The van der Waals surface area contributed by atoms with Gasteiger partial charge in [0, 0.05) is 29.7 Å². The van der Waals surface area contributed by atoms with Crippen LogP contribution in [0.3, 0.4) is 0 Å². The van der Waals surface area contributed by atoms with Gasteiger partial charge in [0.1, 0.15) is 0 Å². The summed E-state index contributed by atoms with van der Waals surface area (Å²) in [6.45, 7) is 3.05. The maximum Gasteiger partial charge on any atom is 0.231 e. The zero-order valence-electron chi connectivity index (χ0n) is 14.7. The summed E-state index contributed by atoms with van der Waals surface area (Å²) in [4.78, 5) is 17.5. The Morgan fingerprint density at radius 2 is 2.08 bits per heavy atom. The molecule has 1 atom stereocenters. The second-order valence-corrected chi connectivity index (χ2v) is 7.45. The van der Waals surface area contributed by atoms with Gasteiger partial charge in [0.25, 0.3) is 0 Å². The molecule has 4 nitrogen and oxygen atoms in total. The number of hydrogen-bond donors (Lipinski definition) is 1. The number of anilines is 1. The largest absolute Gasteiger partial charge is 0.326 e. The number of carbonyl (C=O) groups is 1. The van der Waals surface area contributed by atoms with E-state index in [0.717, 1.165) is 46.4 Å². The molecule has 1 N–H and O–H groups in total. The van der Waals surface area contributed by atoms with Crippen LogP contribution in [0.2, 0.25) is 0 Å². The molecule has 0 spiro atoms. The summed E-state index contributed by atoms with van der Waals surface area (Å²) in [5.74, 6) is 0.975. The predicted octanol–water partition coefficient (Wildman–Crippen LogP) is 4.79. The van der Waals surface area contributed by atoms with Crippen LogP contribution in [0.25, 0.3) is 11.3 Å². The quantitative estimate of drug-likeness (QED) is 0.709. The van der Waals surface area contributed by atoms with Crippen molar-refractivity contribution in [3.63, 3.8) is 0 Å². The third-order valence-corrected chi connectivity index (χ3v) is 5.63. The topological polar surface area (TPSA) is 46.9 Å². The Labute approximate surface area is 157 Å². The average Bonchev–Trinajstić information content (AvgIpc) is 3.25. The van der Waals surface area contributed by atoms with Crippen LogP contribution in [0.15, 0.2) is 66.0 Å². The lowest BCUT2D eigenvalue weighted by molar-refractivity contribution is -0.117. The molecule has 2 heterocycles. The van der Waals surface area contributed by atoms with E-state index in [9.17, 15) is 4.79 Å². The van der Waals surface area contributed by atoms with Crippen LogP contribution in [-0.2, 0) is 11.3 Å². The van der Waals surface area contributed by atoms with E-state index in [-0.39, 0.29) is 11.8 Å². The lowest BCUT2D eigenvalue weighted by atomic mass is 9.95. The molecule has 3 aromatic rings. The molecule has 0 saturated heterocycles. The van der Waals surface area contributed by atoms with Gasteiger partial charge in [-0.3, -0.25) is 4.79 Å². The first-order chi connectivity index (χ1) is 12.7. The number of benzene rings is 2. The highest BCUT2D eigenvalue weighted by atomic mass is 32.2. The number of carbonyl (C=O) groups excluding carboxylic acids is 1. The number of nitrogens with zero attached hydrogens (tertiary/aromatic N) is 2. The number of aryl methyl sites for hydroxylation is 1. The van der Waals surface area contributed by atoms with Crippen molar-refractivity contribution in [2.24, 2.45) is 0 Å². The smallest absolute Gasteiger partial charge is 0.231 e. The maximum absolute atomic E-state index is 12.8. The van der Waals surface area contributed by atoms with Crippen molar-refractivity contribution in [3.8, 4) is 11.3 Å². The van der Waals surface area contributed by atoms with Crippen molar-refractivity contribution in [2.45, 2.75) is 31.0 Å². The van der Waals surface area contributed by atoms with E-state index in [1.807, 2.05) is 61.5 Å². The van der Waals surface area contributed by atoms with Crippen LogP contribution in [0.5, 0.6) is 0 Å². The number of aromatic nitrogens is 2. The fraction of sp³-hybridized carbons (Fsp3) is 0.238. The summed E-state index contributed by atoms with van der Waals surface area (Å²) >= 11 is 1.78. The standard InChI is InChI=1S/C21H21N3OS/c1-2-18(15-7-4-3-5-8-15)20(25)22-17-10-6-9-16(13-17)19-14-24-11-12-26-21(24)23-19/h3-10,13-14,18H,2,11-12H2,1H3,(H,22,25). The second-order valence-electron chi connectivity index (χ2n) is 6.39.